The van der Waals surface area contributed by atoms with Crippen molar-refractivity contribution in [2.75, 3.05) is 5.32 Å². The van der Waals surface area contributed by atoms with Gasteiger partial charge in [0, 0.05) is 23.7 Å². The van der Waals surface area contributed by atoms with Crippen molar-refractivity contribution < 1.29 is 4.79 Å². The SMILES string of the molecule is O=C1NCc2cc(-c3cnc(NC4CCCC4)c4ncnn34)ccc21. The molecule has 126 valence electrons. The van der Waals surface area contributed by atoms with Crippen LogP contribution < -0.4 is 10.6 Å². The van der Waals surface area contributed by atoms with Gasteiger partial charge in [0.05, 0.1) is 11.9 Å². The maximum Gasteiger partial charge on any atom is 0.251 e. The molecule has 3 heterocycles. The minimum absolute atomic E-state index is 0.0123. The van der Waals surface area contributed by atoms with Crippen molar-refractivity contribution in [3.8, 4) is 11.3 Å². The van der Waals surface area contributed by atoms with Gasteiger partial charge in [-0.1, -0.05) is 18.9 Å². The molecular weight excluding hydrogens is 316 g/mol. The van der Waals surface area contributed by atoms with E-state index in [-0.39, 0.29) is 5.91 Å². The molecular formula is C18H18N6O. The van der Waals surface area contributed by atoms with Gasteiger partial charge in [-0.05, 0) is 30.5 Å². The molecule has 1 amide bonds. The average molecular weight is 334 g/mol. The second-order valence-corrected chi connectivity index (χ2v) is 6.67. The molecule has 2 aliphatic rings. The van der Waals surface area contributed by atoms with Crippen LogP contribution in [-0.4, -0.2) is 31.5 Å². The van der Waals surface area contributed by atoms with Gasteiger partial charge < -0.3 is 10.6 Å². The van der Waals surface area contributed by atoms with E-state index < -0.39 is 0 Å². The first kappa shape index (κ1) is 14.4. The van der Waals surface area contributed by atoms with Gasteiger partial charge in [-0.2, -0.15) is 5.10 Å². The lowest BCUT2D eigenvalue weighted by Crippen LogP contribution is -2.16. The quantitative estimate of drug-likeness (QED) is 0.768. The zero-order chi connectivity index (χ0) is 16.8. The van der Waals surface area contributed by atoms with E-state index in [4.69, 9.17) is 0 Å². The number of nitrogens with zero attached hydrogens (tertiary/aromatic N) is 4. The van der Waals surface area contributed by atoms with E-state index in [2.05, 4.69) is 25.7 Å². The summed E-state index contributed by atoms with van der Waals surface area (Å²) in [5.74, 6) is 0.771. The first-order valence-corrected chi connectivity index (χ1v) is 8.66. The Morgan fingerprint density at radius 3 is 2.96 bits per heavy atom. The number of nitrogens with one attached hydrogen (secondary N) is 2. The van der Waals surface area contributed by atoms with Crippen molar-refractivity contribution in [1.29, 1.82) is 0 Å². The van der Waals surface area contributed by atoms with Crippen molar-refractivity contribution in [3.05, 3.63) is 41.9 Å². The third-order valence-electron chi connectivity index (χ3n) is 5.08. The molecule has 0 atom stereocenters. The third-order valence-corrected chi connectivity index (χ3v) is 5.08. The van der Waals surface area contributed by atoms with Crippen molar-refractivity contribution in [3.63, 3.8) is 0 Å². The molecule has 5 rings (SSSR count). The fourth-order valence-electron chi connectivity index (χ4n) is 3.77. The molecule has 1 aliphatic heterocycles. The Morgan fingerprint density at radius 1 is 1.20 bits per heavy atom. The fraction of sp³-hybridized carbons (Fsp3) is 0.333. The summed E-state index contributed by atoms with van der Waals surface area (Å²) >= 11 is 0. The normalized spacial score (nSPS) is 17.0. The van der Waals surface area contributed by atoms with Gasteiger partial charge in [0.1, 0.15) is 6.33 Å². The van der Waals surface area contributed by atoms with Crippen molar-refractivity contribution in [1.82, 2.24) is 24.9 Å². The lowest BCUT2D eigenvalue weighted by atomic mass is 10.0. The first-order chi connectivity index (χ1) is 12.3. The van der Waals surface area contributed by atoms with Crippen molar-refractivity contribution in [2.24, 2.45) is 0 Å². The molecule has 25 heavy (non-hydrogen) atoms. The molecule has 0 saturated heterocycles. The van der Waals surface area contributed by atoms with Crippen LogP contribution in [0.4, 0.5) is 5.82 Å². The van der Waals surface area contributed by atoms with Crippen LogP contribution >= 0.6 is 0 Å². The third kappa shape index (κ3) is 2.34. The summed E-state index contributed by atoms with van der Waals surface area (Å²) in [6.07, 6.45) is 8.26. The molecule has 1 aliphatic carbocycles. The summed E-state index contributed by atoms with van der Waals surface area (Å²) in [7, 11) is 0. The van der Waals surface area contributed by atoms with Crippen LogP contribution in [0.2, 0.25) is 0 Å². The van der Waals surface area contributed by atoms with Crippen LogP contribution in [-0.2, 0) is 6.54 Å². The van der Waals surface area contributed by atoms with E-state index in [9.17, 15) is 4.79 Å². The Morgan fingerprint density at radius 2 is 2.08 bits per heavy atom. The Kier molecular flexibility index (Phi) is 3.19. The highest BCUT2D eigenvalue weighted by Crippen LogP contribution is 2.28. The summed E-state index contributed by atoms with van der Waals surface area (Å²) < 4.78 is 1.82. The largest absolute Gasteiger partial charge is 0.364 e. The van der Waals surface area contributed by atoms with Gasteiger partial charge in [0.15, 0.2) is 11.5 Å². The Labute approximate surface area is 144 Å². The number of hydrogen-bond donors (Lipinski definition) is 2. The summed E-state index contributed by atoms with van der Waals surface area (Å²) in [6, 6.07) is 6.29. The number of amides is 1. The van der Waals surface area contributed by atoms with Crippen LogP contribution in [0.1, 0.15) is 41.6 Å². The predicted molar refractivity (Wildman–Crippen MR) is 93.3 cm³/mol. The minimum atomic E-state index is -0.0123. The van der Waals surface area contributed by atoms with Crippen molar-refractivity contribution in [2.45, 2.75) is 38.3 Å². The summed E-state index contributed by atoms with van der Waals surface area (Å²) in [6.45, 7) is 0.567. The number of hydrogen-bond acceptors (Lipinski definition) is 5. The fourth-order valence-corrected chi connectivity index (χ4v) is 3.77. The Balaban J connectivity index is 1.56. The number of benzene rings is 1. The highest BCUT2D eigenvalue weighted by Gasteiger charge is 2.21. The van der Waals surface area contributed by atoms with Gasteiger partial charge in [0.2, 0.25) is 0 Å². The average Bonchev–Trinajstić information content (AvgIpc) is 3.36. The second-order valence-electron chi connectivity index (χ2n) is 6.67. The number of aromatic nitrogens is 4. The molecule has 7 nitrogen and oxygen atoms in total. The Hall–Kier alpha value is -2.96. The topological polar surface area (TPSA) is 84.2 Å². The van der Waals surface area contributed by atoms with Crippen LogP contribution in [0.25, 0.3) is 16.9 Å². The van der Waals surface area contributed by atoms with Crippen LogP contribution in [0.15, 0.2) is 30.7 Å². The minimum Gasteiger partial charge on any atom is -0.364 e. The van der Waals surface area contributed by atoms with E-state index in [0.29, 0.717) is 12.6 Å². The summed E-state index contributed by atoms with van der Waals surface area (Å²) in [5, 5.41) is 10.7. The van der Waals surface area contributed by atoms with Crippen LogP contribution in [0.5, 0.6) is 0 Å². The van der Waals surface area contributed by atoms with Gasteiger partial charge >= 0.3 is 0 Å². The molecule has 2 aromatic heterocycles. The van der Waals surface area contributed by atoms with Gasteiger partial charge in [-0.3, -0.25) is 4.79 Å². The van der Waals surface area contributed by atoms with Gasteiger partial charge in [-0.25, -0.2) is 14.5 Å². The molecule has 3 aromatic rings. The highest BCUT2D eigenvalue weighted by molar-refractivity contribution is 5.98. The molecule has 0 bridgehead atoms. The molecule has 1 saturated carbocycles. The lowest BCUT2D eigenvalue weighted by molar-refractivity contribution is 0.0966. The maximum absolute atomic E-state index is 11.7. The zero-order valence-electron chi connectivity index (χ0n) is 13.7. The number of rotatable bonds is 3. The van der Waals surface area contributed by atoms with E-state index >= 15 is 0 Å². The lowest BCUT2D eigenvalue weighted by Gasteiger charge is -2.14. The van der Waals surface area contributed by atoms with E-state index in [0.717, 1.165) is 33.8 Å². The monoisotopic (exact) mass is 334 g/mol. The molecule has 1 fully saturated rings. The molecule has 0 spiro atoms. The van der Waals surface area contributed by atoms with Gasteiger partial charge in [-0.15, -0.1) is 0 Å². The molecule has 1 aromatic carbocycles. The molecule has 2 N–H and O–H groups in total. The zero-order valence-corrected chi connectivity index (χ0v) is 13.7. The molecule has 0 unspecified atom stereocenters. The Bertz CT molecular complexity index is 973. The van der Waals surface area contributed by atoms with Crippen molar-refractivity contribution >= 4 is 17.4 Å². The number of anilines is 1. The van der Waals surface area contributed by atoms with Crippen LogP contribution in [0.3, 0.4) is 0 Å². The van der Waals surface area contributed by atoms with E-state index in [1.54, 1.807) is 6.33 Å². The number of fused-ring (bicyclic) bond motifs is 2. The predicted octanol–water partition coefficient (Wildman–Crippen LogP) is 2.39. The smallest absolute Gasteiger partial charge is 0.251 e. The highest BCUT2D eigenvalue weighted by atomic mass is 16.1. The summed E-state index contributed by atoms with van der Waals surface area (Å²) in [4.78, 5) is 20.7. The first-order valence-electron chi connectivity index (χ1n) is 8.66. The maximum atomic E-state index is 11.7. The standard InChI is InChI=1S/C18H18N6O/c25-18-14-6-5-11(7-12(14)8-20-18)15-9-19-16(17-21-10-22-24(15)17)23-13-3-1-2-4-13/h5-7,9-10,13H,1-4,8H2,(H,19,23)(H,20,25). The second kappa shape index (κ2) is 5.54. The van der Waals surface area contributed by atoms with E-state index in [1.165, 1.54) is 25.7 Å². The molecule has 0 radical (unpaired) electrons. The molecule has 7 heteroatoms. The van der Waals surface area contributed by atoms with Gasteiger partial charge in [0.25, 0.3) is 5.91 Å². The number of carbonyl (C=O) groups excluding carboxylic acids is 1. The van der Waals surface area contributed by atoms with Crippen LogP contribution in [0, 0.1) is 0 Å². The summed E-state index contributed by atoms with van der Waals surface area (Å²) in [5.41, 5.74) is 4.33. The van der Waals surface area contributed by atoms with E-state index in [1.807, 2.05) is 28.9 Å². The number of carbonyl (C=O) groups is 1.